The molecule has 0 saturated heterocycles. The Morgan fingerprint density at radius 2 is 1.44 bits per heavy atom. The molecule has 160 valence electrons. The van der Waals surface area contributed by atoms with Crippen LogP contribution >= 0.6 is 0 Å². The third-order valence-electron chi connectivity index (χ3n) is 4.70. The van der Waals surface area contributed by atoms with Gasteiger partial charge in [-0.15, -0.1) is 0 Å². The molecule has 0 saturated carbocycles. The summed E-state index contributed by atoms with van der Waals surface area (Å²) < 4.78 is 33.7. The number of hydrogen-bond acceptors (Lipinski definition) is 5. The average molecular weight is 445 g/mol. The van der Waals surface area contributed by atoms with Crippen LogP contribution < -0.4 is 4.74 Å². The number of rotatable bonds is 6. The summed E-state index contributed by atoms with van der Waals surface area (Å²) >= 11 is 0. The smallest absolute Gasteiger partial charge is 0.337 e. The van der Waals surface area contributed by atoms with Crippen molar-refractivity contribution in [1.29, 1.82) is 0 Å². The SMILES string of the molecule is Cc1nn(-c2ccccc2)c(OC(=O)C=Cc2ccccc2)c1S(=O)(=O)c1ccccc1. The van der Waals surface area contributed by atoms with Crippen LogP contribution in [0.5, 0.6) is 5.88 Å². The molecule has 0 spiro atoms. The van der Waals surface area contributed by atoms with Crippen LogP contribution in [0.1, 0.15) is 11.3 Å². The molecule has 0 aliphatic heterocycles. The van der Waals surface area contributed by atoms with Gasteiger partial charge in [0.15, 0.2) is 4.90 Å². The van der Waals surface area contributed by atoms with Crippen LogP contribution in [0.3, 0.4) is 0 Å². The molecule has 0 N–H and O–H groups in total. The molecule has 0 fully saturated rings. The molecule has 1 aromatic heterocycles. The molecule has 0 radical (unpaired) electrons. The highest BCUT2D eigenvalue weighted by Crippen LogP contribution is 2.34. The molecular formula is C25H20N2O4S. The zero-order chi connectivity index (χ0) is 22.6. The summed E-state index contributed by atoms with van der Waals surface area (Å²) in [6.07, 6.45) is 2.86. The van der Waals surface area contributed by atoms with E-state index in [9.17, 15) is 13.2 Å². The fourth-order valence-electron chi connectivity index (χ4n) is 3.21. The van der Waals surface area contributed by atoms with Crippen molar-refractivity contribution < 1.29 is 17.9 Å². The van der Waals surface area contributed by atoms with E-state index in [0.29, 0.717) is 5.69 Å². The molecule has 32 heavy (non-hydrogen) atoms. The maximum atomic E-state index is 13.4. The van der Waals surface area contributed by atoms with Crippen LogP contribution in [0.2, 0.25) is 0 Å². The van der Waals surface area contributed by atoms with Crippen molar-refractivity contribution in [2.75, 3.05) is 0 Å². The number of aryl methyl sites for hydroxylation is 1. The highest BCUT2D eigenvalue weighted by Gasteiger charge is 2.31. The van der Waals surface area contributed by atoms with E-state index in [1.54, 1.807) is 55.5 Å². The number of aromatic nitrogens is 2. The minimum absolute atomic E-state index is 0.0906. The second-order valence-corrected chi connectivity index (χ2v) is 8.84. The Bertz CT molecular complexity index is 1360. The highest BCUT2D eigenvalue weighted by molar-refractivity contribution is 7.91. The lowest BCUT2D eigenvalue weighted by molar-refractivity contribution is -0.129. The van der Waals surface area contributed by atoms with Crippen molar-refractivity contribution in [3.8, 4) is 11.6 Å². The van der Waals surface area contributed by atoms with Gasteiger partial charge in [-0.25, -0.2) is 13.2 Å². The van der Waals surface area contributed by atoms with Crippen molar-refractivity contribution in [3.05, 3.63) is 108 Å². The summed E-state index contributed by atoms with van der Waals surface area (Å²) in [7, 11) is -3.98. The first kappa shape index (κ1) is 21.3. The number of sulfone groups is 1. The number of nitrogens with zero attached hydrogens (tertiary/aromatic N) is 2. The highest BCUT2D eigenvalue weighted by atomic mass is 32.2. The van der Waals surface area contributed by atoms with Gasteiger partial charge in [0.05, 0.1) is 16.3 Å². The molecule has 0 aliphatic carbocycles. The van der Waals surface area contributed by atoms with Gasteiger partial charge in [-0.05, 0) is 42.8 Å². The third kappa shape index (κ3) is 4.38. The van der Waals surface area contributed by atoms with E-state index in [1.807, 2.05) is 36.4 Å². The molecule has 0 atom stereocenters. The van der Waals surface area contributed by atoms with Gasteiger partial charge in [0.2, 0.25) is 15.7 Å². The van der Waals surface area contributed by atoms with Gasteiger partial charge in [-0.2, -0.15) is 9.78 Å². The predicted octanol–water partition coefficient (Wildman–Crippen LogP) is 4.63. The Morgan fingerprint density at radius 1 is 0.875 bits per heavy atom. The normalized spacial score (nSPS) is 11.5. The van der Waals surface area contributed by atoms with Crippen LogP contribution in [0.4, 0.5) is 0 Å². The maximum Gasteiger partial charge on any atom is 0.337 e. The van der Waals surface area contributed by atoms with Crippen molar-refractivity contribution >= 4 is 21.9 Å². The molecule has 0 unspecified atom stereocenters. The Kier molecular flexibility index (Phi) is 6.00. The number of carbonyl (C=O) groups excluding carboxylic acids is 1. The topological polar surface area (TPSA) is 78.3 Å². The van der Waals surface area contributed by atoms with E-state index in [-0.39, 0.29) is 21.4 Å². The van der Waals surface area contributed by atoms with E-state index in [4.69, 9.17) is 4.74 Å². The fraction of sp³-hybridized carbons (Fsp3) is 0.0400. The largest absolute Gasteiger partial charge is 0.403 e. The Morgan fingerprint density at radius 3 is 2.06 bits per heavy atom. The molecule has 4 aromatic rings. The van der Waals surface area contributed by atoms with Crippen molar-refractivity contribution in [3.63, 3.8) is 0 Å². The molecule has 4 rings (SSSR count). The summed E-state index contributed by atoms with van der Waals surface area (Å²) in [5, 5.41) is 4.38. The second-order valence-electron chi connectivity index (χ2n) is 6.95. The molecule has 0 bridgehead atoms. The lowest BCUT2D eigenvalue weighted by Crippen LogP contribution is -2.12. The van der Waals surface area contributed by atoms with Crippen molar-refractivity contribution in [2.45, 2.75) is 16.7 Å². The summed E-state index contributed by atoms with van der Waals surface area (Å²) in [5.74, 6) is -0.865. The molecule has 0 aliphatic rings. The second kappa shape index (κ2) is 9.03. The van der Waals surface area contributed by atoms with Gasteiger partial charge in [0.25, 0.3) is 0 Å². The fourth-order valence-corrected chi connectivity index (χ4v) is 4.75. The monoisotopic (exact) mass is 444 g/mol. The van der Waals surface area contributed by atoms with E-state index in [0.717, 1.165) is 5.56 Å². The number of hydrogen-bond donors (Lipinski definition) is 0. The molecule has 3 aromatic carbocycles. The third-order valence-corrected chi connectivity index (χ3v) is 6.60. The van der Waals surface area contributed by atoms with E-state index >= 15 is 0 Å². The van der Waals surface area contributed by atoms with Crippen LogP contribution in [-0.4, -0.2) is 24.2 Å². The number of ether oxygens (including phenoxy) is 1. The minimum Gasteiger partial charge on any atom is -0.403 e. The lowest BCUT2D eigenvalue weighted by atomic mass is 10.2. The first-order valence-electron chi connectivity index (χ1n) is 9.87. The van der Waals surface area contributed by atoms with Gasteiger partial charge in [-0.3, -0.25) is 0 Å². The summed E-state index contributed by atoms with van der Waals surface area (Å²) in [6.45, 7) is 1.58. The molecular weight excluding hydrogens is 424 g/mol. The van der Waals surface area contributed by atoms with E-state index < -0.39 is 15.8 Å². The van der Waals surface area contributed by atoms with Gasteiger partial charge in [0.1, 0.15) is 0 Å². The average Bonchev–Trinajstić information content (AvgIpc) is 3.16. The van der Waals surface area contributed by atoms with Gasteiger partial charge < -0.3 is 4.74 Å². The van der Waals surface area contributed by atoms with Gasteiger partial charge in [0, 0.05) is 6.08 Å². The quantitative estimate of drug-likeness (QED) is 0.320. The summed E-state index contributed by atoms with van der Waals surface area (Å²) in [5.41, 5.74) is 1.61. The first-order valence-corrected chi connectivity index (χ1v) is 11.4. The predicted molar refractivity (Wildman–Crippen MR) is 121 cm³/mol. The molecule has 0 amide bonds. The molecule has 7 heteroatoms. The number of esters is 1. The van der Waals surface area contributed by atoms with Crippen molar-refractivity contribution in [2.24, 2.45) is 0 Å². The van der Waals surface area contributed by atoms with Gasteiger partial charge >= 0.3 is 5.97 Å². The van der Waals surface area contributed by atoms with Crippen LogP contribution in [0.25, 0.3) is 11.8 Å². The Labute approximate surface area is 186 Å². The van der Waals surface area contributed by atoms with Gasteiger partial charge in [-0.1, -0.05) is 66.7 Å². The Balaban J connectivity index is 1.80. The van der Waals surface area contributed by atoms with E-state index in [2.05, 4.69) is 5.10 Å². The number of para-hydroxylation sites is 1. The summed E-state index contributed by atoms with van der Waals surface area (Å²) in [4.78, 5) is 12.6. The molecule has 6 nitrogen and oxygen atoms in total. The first-order chi connectivity index (χ1) is 15.5. The summed E-state index contributed by atoms with van der Waals surface area (Å²) in [6, 6.07) is 26.2. The van der Waals surface area contributed by atoms with Crippen LogP contribution in [0, 0.1) is 6.92 Å². The Hall–Kier alpha value is -3.97. The number of benzene rings is 3. The zero-order valence-electron chi connectivity index (χ0n) is 17.3. The lowest BCUT2D eigenvalue weighted by Gasteiger charge is -2.10. The van der Waals surface area contributed by atoms with Crippen LogP contribution in [-0.2, 0) is 14.6 Å². The molecule has 1 heterocycles. The maximum absolute atomic E-state index is 13.4. The van der Waals surface area contributed by atoms with Crippen molar-refractivity contribution in [1.82, 2.24) is 9.78 Å². The van der Waals surface area contributed by atoms with Crippen LogP contribution in [0.15, 0.2) is 107 Å². The number of carbonyl (C=O) groups is 1. The van der Waals surface area contributed by atoms with E-state index in [1.165, 1.54) is 22.9 Å². The zero-order valence-corrected chi connectivity index (χ0v) is 18.1. The standard InChI is InChI=1S/C25H20N2O4S/c1-19-24(32(29,30)22-15-9-4-10-16-22)25(27(26-19)21-13-7-3-8-14-21)31-23(28)18-17-20-11-5-2-6-12-20/h2-18H,1H3. The minimum atomic E-state index is -3.98.